The van der Waals surface area contributed by atoms with Crippen LogP contribution in [0, 0.1) is 140 Å². The Labute approximate surface area is 411 Å². The number of halogens is 28. The maximum Gasteiger partial charge on any atom is 2.00 e. The van der Waals surface area contributed by atoms with Crippen LogP contribution in [0.25, 0.3) is 89.9 Å². The van der Waals surface area contributed by atoms with Crippen molar-refractivity contribution in [1.29, 1.82) is 0 Å². The van der Waals surface area contributed by atoms with Crippen LogP contribution < -0.4 is 9.97 Å². The predicted molar refractivity (Wildman–Crippen MR) is 198 cm³/mol. The molecule has 0 saturated heterocycles. The molecule has 0 N–H and O–H groups in total. The fourth-order valence-corrected chi connectivity index (χ4v) is 7.69. The van der Waals surface area contributed by atoms with Crippen LogP contribution in [0.15, 0.2) is 0 Å². The summed E-state index contributed by atoms with van der Waals surface area (Å²) in [5.74, 6) is -92.3. The van der Waals surface area contributed by atoms with E-state index in [2.05, 4.69) is 19.9 Å². The van der Waals surface area contributed by atoms with Gasteiger partial charge in [-0.1, -0.05) is 22.1 Å². The van der Waals surface area contributed by atoms with E-state index in [4.69, 9.17) is 0 Å². The number of hydrogen-bond acceptors (Lipinski definition) is 2. The molecule has 2 aliphatic rings. The number of rotatable bonds is 4. The summed E-state index contributed by atoms with van der Waals surface area (Å²) in [7, 11) is 0. The molecule has 8 bridgehead atoms. The minimum absolute atomic E-state index is 0. The molecule has 4 nitrogen and oxygen atoms in total. The van der Waals surface area contributed by atoms with Gasteiger partial charge in [0.15, 0.2) is 116 Å². The first-order chi connectivity index (χ1) is 35.4. The molecular weight excluding hydrogens is 1180 g/mol. The molecule has 2 aliphatic heterocycles. The largest absolute Gasteiger partial charge is 2.00 e. The Hall–Kier alpha value is -7.97. The molecule has 5 heterocycles. The van der Waals surface area contributed by atoms with E-state index in [0.29, 0.717) is 0 Å². The molecule has 0 saturated carbocycles. The Bertz CT molecular complexity index is 3850. The van der Waals surface area contributed by atoms with Crippen molar-refractivity contribution in [2.24, 2.45) is 0 Å². The van der Waals surface area contributed by atoms with Gasteiger partial charge in [-0.05, 0) is 5.56 Å². The predicted octanol–water partition coefficient (Wildman–Crippen LogP) is 15.1. The molecule has 1 radical (unpaired) electrons. The van der Waals surface area contributed by atoms with E-state index in [1.807, 2.05) is 0 Å². The fourth-order valence-electron chi connectivity index (χ4n) is 7.69. The molecule has 0 amide bonds. The molecule has 77 heavy (non-hydrogen) atoms. The van der Waals surface area contributed by atoms with E-state index in [0.717, 1.165) is 0 Å². The Morgan fingerprint density at radius 1 is 0.169 bits per heavy atom. The molecule has 0 spiro atoms. The topological polar surface area (TPSA) is 54.0 Å². The Kier molecular flexibility index (Phi) is 13.4. The minimum Gasteiger partial charge on any atom is -0.652 e. The van der Waals surface area contributed by atoms with Crippen LogP contribution in [0.5, 0.6) is 0 Å². The Morgan fingerprint density at radius 3 is 0.545 bits per heavy atom. The zero-order chi connectivity index (χ0) is 56.2. The fraction of sp³-hybridized carbons (Fsp3) is 0. The van der Waals surface area contributed by atoms with Crippen LogP contribution in [0.3, 0.4) is 0 Å². The first kappa shape index (κ1) is 55.3. The van der Waals surface area contributed by atoms with Crippen LogP contribution in [-0.4, -0.2) is 9.97 Å². The van der Waals surface area contributed by atoms with Crippen LogP contribution in [0.1, 0.15) is 22.8 Å². The van der Waals surface area contributed by atoms with Crippen molar-refractivity contribution in [2.75, 3.05) is 0 Å². The Morgan fingerprint density at radius 2 is 0.325 bits per heavy atom. The molecule has 3 aromatic heterocycles. The van der Waals surface area contributed by atoms with Crippen molar-refractivity contribution >= 4 is 45.4 Å². The number of benzene rings is 4. The first-order valence-electron chi connectivity index (χ1n) is 19.1. The van der Waals surface area contributed by atoms with Crippen molar-refractivity contribution in [1.82, 2.24) is 19.9 Å². The summed E-state index contributed by atoms with van der Waals surface area (Å²) in [4.78, 5) is 11.3. The van der Waals surface area contributed by atoms with E-state index >= 15 is 70.2 Å². The molecule has 0 unspecified atom stereocenters. The van der Waals surface area contributed by atoms with Gasteiger partial charge in [0.05, 0.1) is 22.3 Å². The minimum atomic E-state index is -3.34. The maximum atomic E-state index is 16.6. The summed E-state index contributed by atoms with van der Waals surface area (Å²) in [6.45, 7) is 0. The Balaban J connectivity index is 0.00000784. The van der Waals surface area contributed by atoms with Crippen LogP contribution in [0.4, 0.5) is 123 Å². The van der Waals surface area contributed by atoms with E-state index in [-0.39, 0.29) is 16.8 Å². The van der Waals surface area contributed by atoms with Crippen molar-refractivity contribution in [3.8, 4) is 44.5 Å². The molecule has 0 atom stereocenters. The third kappa shape index (κ3) is 7.41. The number of aromatic nitrogens is 4. The SMILES string of the molecule is FC1=C(F)c2nc1c(-c1c(F)c(F)c(F)c(F)c1F)c1nc(c(-c3c(F)c(F)c(F)c(F)c3F)c3[n-]c(c(F)c3F)c(-c3c(F)c(F)c(F)c(F)c3F)c3[n-]c(c(F)c3F)c2-c2c(F)c(F)c(F)c(F)c2F)C(F)=C1F.[Co+2]. The average molecular weight is 1180 g/mol. The van der Waals surface area contributed by atoms with Crippen LogP contribution in [-0.2, 0) is 16.8 Å². The van der Waals surface area contributed by atoms with Gasteiger partial charge in [-0.2, -0.15) is 0 Å². The quantitative estimate of drug-likeness (QED) is 0.100. The molecule has 7 aromatic rings. The second-order valence-corrected chi connectivity index (χ2v) is 15.0. The molecule has 0 aliphatic carbocycles. The monoisotopic (exact) mass is 1170 g/mol. The van der Waals surface area contributed by atoms with Crippen molar-refractivity contribution in [2.45, 2.75) is 0 Å². The summed E-state index contributed by atoms with van der Waals surface area (Å²) in [5.41, 5.74) is -45.6. The standard InChI is InChI=1S/C44F28N4.Co/c45-9-1(10(46)18(54)25(61)17(9)53)5-37-29(65)31(67)39(73-37)6(2-11(47)19(55)26(62)20(56)12(2)48)41-33(69)35(71)43(75-41)8(4-15(51)23(59)28(64)24(60)16(4)52)44-36(72)34(70)42(76-44)7(40-32(68)30(66)38(5)74-40)3-13(49)21(57)27(63)22(58)14(3)50;/q-2;+2. The first-order valence-corrected chi connectivity index (χ1v) is 19.1. The van der Waals surface area contributed by atoms with Crippen LogP contribution >= 0.6 is 0 Å². The average Bonchev–Trinajstić information content (AvgIpc) is 4.06. The van der Waals surface area contributed by atoms with Gasteiger partial charge in [0.25, 0.3) is 0 Å². The van der Waals surface area contributed by atoms with Gasteiger partial charge in [-0.3, -0.25) is 0 Å². The number of nitrogens with zero attached hydrogens (tertiary/aromatic N) is 4. The van der Waals surface area contributed by atoms with Gasteiger partial charge >= 0.3 is 16.8 Å². The molecular formula is C44CoF28N4. The van der Waals surface area contributed by atoms with Gasteiger partial charge in [0.1, 0.15) is 46.0 Å². The second kappa shape index (κ2) is 18.6. The zero-order valence-corrected chi connectivity index (χ0v) is 35.7. The van der Waals surface area contributed by atoms with Crippen molar-refractivity contribution in [3.63, 3.8) is 0 Å². The molecule has 9 rings (SSSR count). The van der Waals surface area contributed by atoms with Gasteiger partial charge in [-0.15, -0.1) is 0 Å². The van der Waals surface area contributed by atoms with Crippen molar-refractivity contribution < 1.29 is 140 Å². The second-order valence-electron chi connectivity index (χ2n) is 15.0. The van der Waals surface area contributed by atoms with Crippen LogP contribution in [0.2, 0.25) is 0 Å². The third-order valence-electron chi connectivity index (χ3n) is 11.1. The molecule has 0 fully saturated rings. The van der Waals surface area contributed by atoms with E-state index in [1.54, 1.807) is 0 Å². The molecule has 4 aromatic carbocycles. The van der Waals surface area contributed by atoms with Gasteiger partial charge in [0, 0.05) is 16.7 Å². The molecule has 33 heteroatoms. The number of hydrogen-bond donors (Lipinski definition) is 0. The third-order valence-corrected chi connectivity index (χ3v) is 11.1. The van der Waals surface area contributed by atoms with E-state index in [9.17, 15) is 52.7 Å². The summed E-state index contributed by atoms with van der Waals surface area (Å²) >= 11 is 0. The smallest absolute Gasteiger partial charge is 0.652 e. The van der Waals surface area contributed by atoms with Gasteiger partial charge in [-0.25, -0.2) is 133 Å². The van der Waals surface area contributed by atoms with E-state index < -0.39 is 252 Å². The zero-order valence-electron chi connectivity index (χ0n) is 34.7. The molecule has 401 valence electrons. The van der Waals surface area contributed by atoms with E-state index in [1.165, 1.54) is 0 Å². The summed E-state index contributed by atoms with van der Waals surface area (Å²) in [6.07, 6.45) is 0. The summed E-state index contributed by atoms with van der Waals surface area (Å²) < 4.78 is 436. The normalized spacial score (nSPS) is 12.7. The maximum absolute atomic E-state index is 16.6. The van der Waals surface area contributed by atoms with Gasteiger partial charge < -0.3 is 9.97 Å². The number of fused-ring (bicyclic) bond motifs is 8. The van der Waals surface area contributed by atoms with Crippen molar-refractivity contribution in [3.05, 3.63) is 162 Å². The summed E-state index contributed by atoms with van der Waals surface area (Å²) in [5, 5.41) is 0. The summed E-state index contributed by atoms with van der Waals surface area (Å²) in [6, 6.07) is 0. The van der Waals surface area contributed by atoms with Gasteiger partial charge in [0.2, 0.25) is 23.3 Å².